The van der Waals surface area contributed by atoms with Gasteiger partial charge in [0.25, 0.3) is 0 Å². The predicted octanol–water partition coefficient (Wildman–Crippen LogP) is 1.92. The average Bonchev–Trinajstić information content (AvgIpc) is 2.40. The molecule has 1 aromatic rings. The Hall–Kier alpha value is -1.06. The summed E-state index contributed by atoms with van der Waals surface area (Å²) >= 11 is 0. The fraction of sp³-hybridized carbons (Fsp3) is 0.625. The number of hydrogen-bond donors (Lipinski definition) is 1. The number of ether oxygens (including phenoxy) is 1. The lowest BCUT2D eigenvalue weighted by Crippen LogP contribution is -2.51. The summed E-state index contributed by atoms with van der Waals surface area (Å²) in [6, 6.07) is 8.57. The summed E-state index contributed by atoms with van der Waals surface area (Å²) in [4.78, 5) is 2.29. The monoisotopic (exact) mass is 260 g/mol. The van der Waals surface area contributed by atoms with E-state index in [2.05, 4.69) is 41.5 Å². The molecule has 2 aliphatic heterocycles. The molecule has 3 rings (SSSR count). The highest BCUT2D eigenvalue weighted by Gasteiger charge is 2.25. The molecular formula is C16H24N2O. The predicted molar refractivity (Wildman–Crippen MR) is 77.7 cm³/mol. The van der Waals surface area contributed by atoms with Crippen LogP contribution in [0.25, 0.3) is 0 Å². The number of piperidine rings is 1. The minimum atomic E-state index is 0.385. The zero-order chi connectivity index (χ0) is 13.1. The van der Waals surface area contributed by atoms with Gasteiger partial charge in [-0.05, 0) is 56.9 Å². The SMILES string of the molecule is CN1CC(Oc2ccccc2CC2CCCNC2)C1. The van der Waals surface area contributed by atoms with E-state index >= 15 is 0 Å². The molecule has 0 spiro atoms. The van der Waals surface area contributed by atoms with Crippen LogP contribution >= 0.6 is 0 Å². The Morgan fingerprint density at radius 3 is 2.89 bits per heavy atom. The Kier molecular flexibility index (Phi) is 4.04. The Balaban J connectivity index is 1.63. The zero-order valence-electron chi connectivity index (χ0n) is 11.8. The summed E-state index contributed by atoms with van der Waals surface area (Å²) in [7, 11) is 2.14. The van der Waals surface area contributed by atoms with Crippen LogP contribution < -0.4 is 10.1 Å². The summed E-state index contributed by atoms with van der Waals surface area (Å²) in [5.41, 5.74) is 1.38. The molecule has 1 aromatic carbocycles. The molecule has 1 N–H and O–H groups in total. The van der Waals surface area contributed by atoms with Gasteiger partial charge in [-0.3, -0.25) is 4.90 Å². The van der Waals surface area contributed by atoms with Crippen molar-refractivity contribution in [3.8, 4) is 5.75 Å². The molecule has 3 nitrogen and oxygen atoms in total. The highest BCUT2D eigenvalue weighted by Crippen LogP contribution is 2.26. The summed E-state index contributed by atoms with van der Waals surface area (Å²) in [5.74, 6) is 1.87. The fourth-order valence-corrected chi connectivity index (χ4v) is 3.09. The highest BCUT2D eigenvalue weighted by atomic mass is 16.5. The number of hydrogen-bond acceptors (Lipinski definition) is 3. The smallest absolute Gasteiger partial charge is 0.124 e. The van der Waals surface area contributed by atoms with Crippen molar-refractivity contribution in [3.63, 3.8) is 0 Å². The molecule has 19 heavy (non-hydrogen) atoms. The van der Waals surface area contributed by atoms with E-state index in [4.69, 9.17) is 4.74 Å². The van der Waals surface area contributed by atoms with Crippen molar-refractivity contribution in [1.29, 1.82) is 0 Å². The van der Waals surface area contributed by atoms with Crippen LogP contribution in [-0.2, 0) is 6.42 Å². The van der Waals surface area contributed by atoms with E-state index in [1.165, 1.54) is 24.9 Å². The first-order valence-corrected chi connectivity index (χ1v) is 7.45. The van der Waals surface area contributed by atoms with Gasteiger partial charge in [0.2, 0.25) is 0 Å². The van der Waals surface area contributed by atoms with Crippen molar-refractivity contribution in [2.45, 2.75) is 25.4 Å². The van der Waals surface area contributed by atoms with Crippen molar-refractivity contribution in [2.75, 3.05) is 33.2 Å². The molecule has 0 radical (unpaired) electrons. The van der Waals surface area contributed by atoms with E-state index in [-0.39, 0.29) is 0 Å². The van der Waals surface area contributed by atoms with E-state index in [9.17, 15) is 0 Å². The molecule has 0 amide bonds. The summed E-state index contributed by atoms with van der Waals surface area (Å²) in [5, 5.41) is 3.50. The van der Waals surface area contributed by atoms with Gasteiger partial charge < -0.3 is 10.1 Å². The minimum Gasteiger partial charge on any atom is -0.487 e. The molecule has 1 unspecified atom stereocenters. The van der Waals surface area contributed by atoms with E-state index in [1.54, 1.807) is 0 Å². The third-order valence-electron chi connectivity index (χ3n) is 4.20. The van der Waals surface area contributed by atoms with Gasteiger partial charge in [0.15, 0.2) is 0 Å². The first-order valence-electron chi connectivity index (χ1n) is 7.45. The molecule has 2 heterocycles. The molecule has 2 fully saturated rings. The first kappa shape index (κ1) is 12.9. The average molecular weight is 260 g/mol. The van der Waals surface area contributed by atoms with E-state index < -0.39 is 0 Å². The number of benzene rings is 1. The van der Waals surface area contributed by atoms with Crippen LogP contribution in [0.15, 0.2) is 24.3 Å². The minimum absolute atomic E-state index is 0.385. The second-order valence-electron chi connectivity index (χ2n) is 5.99. The van der Waals surface area contributed by atoms with Gasteiger partial charge in [-0.2, -0.15) is 0 Å². The number of nitrogens with zero attached hydrogens (tertiary/aromatic N) is 1. The maximum atomic E-state index is 6.13. The molecular weight excluding hydrogens is 236 g/mol. The number of rotatable bonds is 4. The molecule has 1 atom stereocenters. The second kappa shape index (κ2) is 5.93. The summed E-state index contributed by atoms with van der Waals surface area (Å²) < 4.78 is 6.13. The Morgan fingerprint density at radius 2 is 2.16 bits per heavy atom. The number of nitrogens with one attached hydrogen (secondary N) is 1. The Bertz CT molecular complexity index is 409. The third-order valence-corrected chi connectivity index (χ3v) is 4.20. The largest absolute Gasteiger partial charge is 0.487 e. The standard InChI is InChI=1S/C16H24N2O/c1-18-11-15(12-18)19-16-7-3-2-6-14(16)9-13-5-4-8-17-10-13/h2-3,6-7,13,15,17H,4-5,8-12H2,1H3. The quantitative estimate of drug-likeness (QED) is 0.895. The molecule has 2 saturated heterocycles. The van der Waals surface area contributed by atoms with Gasteiger partial charge in [-0.1, -0.05) is 18.2 Å². The van der Waals surface area contributed by atoms with Gasteiger partial charge in [0.05, 0.1) is 0 Å². The normalized spacial score (nSPS) is 25.0. The maximum Gasteiger partial charge on any atom is 0.124 e. The van der Waals surface area contributed by atoms with E-state index in [0.717, 1.165) is 37.7 Å². The highest BCUT2D eigenvalue weighted by molar-refractivity contribution is 5.34. The molecule has 0 aliphatic carbocycles. The lowest BCUT2D eigenvalue weighted by molar-refractivity contribution is 0.0380. The van der Waals surface area contributed by atoms with Gasteiger partial charge in [-0.25, -0.2) is 0 Å². The van der Waals surface area contributed by atoms with Crippen LogP contribution in [0.1, 0.15) is 18.4 Å². The van der Waals surface area contributed by atoms with Crippen molar-refractivity contribution in [3.05, 3.63) is 29.8 Å². The molecule has 0 bridgehead atoms. The second-order valence-corrected chi connectivity index (χ2v) is 5.99. The van der Waals surface area contributed by atoms with Gasteiger partial charge >= 0.3 is 0 Å². The van der Waals surface area contributed by atoms with Crippen molar-refractivity contribution in [1.82, 2.24) is 10.2 Å². The number of likely N-dealkylation sites (tertiary alicyclic amines) is 1. The van der Waals surface area contributed by atoms with Gasteiger partial charge in [0, 0.05) is 13.1 Å². The molecule has 0 saturated carbocycles. The van der Waals surface area contributed by atoms with Crippen molar-refractivity contribution >= 4 is 0 Å². The van der Waals surface area contributed by atoms with Crippen molar-refractivity contribution in [2.24, 2.45) is 5.92 Å². The van der Waals surface area contributed by atoms with E-state index in [1.807, 2.05) is 0 Å². The number of likely N-dealkylation sites (N-methyl/N-ethyl adjacent to an activating group) is 1. The van der Waals surface area contributed by atoms with Crippen LogP contribution in [0.5, 0.6) is 5.75 Å². The van der Waals surface area contributed by atoms with Crippen molar-refractivity contribution < 1.29 is 4.74 Å². The third kappa shape index (κ3) is 3.28. The first-order chi connectivity index (χ1) is 9.31. The lowest BCUT2D eigenvalue weighted by atomic mass is 9.92. The Labute approximate surface area is 115 Å². The maximum absolute atomic E-state index is 6.13. The molecule has 0 aromatic heterocycles. The topological polar surface area (TPSA) is 24.5 Å². The Morgan fingerprint density at radius 1 is 1.32 bits per heavy atom. The lowest BCUT2D eigenvalue weighted by Gasteiger charge is -2.36. The fourth-order valence-electron chi connectivity index (χ4n) is 3.09. The molecule has 104 valence electrons. The zero-order valence-corrected chi connectivity index (χ0v) is 11.8. The summed E-state index contributed by atoms with van der Waals surface area (Å²) in [6.07, 6.45) is 4.18. The van der Waals surface area contributed by atoms with Gasteiger partial charge in [-0.15, -0.1) is 0 Å². The van der Waals surface area contributed by atoms with Crippen LogP contribution in [0.3, 0.4) is 0 Å². The number of para-hydroxylation sites is 1. The summed E-state index contributed by atoms with van der Waals surface area (Å²) in [6.45, 7) is 4.45. The molecule has 3 heteroatoms. The van der Waals surface area contributed by atoms with Gasteiger partial charge in [0.1, 0.15) is 11.9 Å². The van der Waals surface area contributed by atoms with Crippen LogP contribution in [0, 0.1) is 5.92 Å². The van der Waals surface area contributed by atoms with Crippen LogP contribution in [0.2, 0.25) is 0 Å². The van der Waals surface area contributed by atoms with E-state index in [0.29, 0.717) is 6.10 Å². The van der Waals surface area contributed by atoms with Crippen LogP contribution in [-0.4, -0.2) is 44.2 Å². The van der Waals surface area contributed by atoms with Crippen LogP contribution in [0.4, 0.5) is 0 Å². The molecule has 2 aliphatic rings.